The van der Waals surface area contributed by atoms with Crippen LogP contribution in [-0.4, -0.2) is 40.1 Å². The van der Waals surface area contributed by atoms with Crippen molar-refractivity contribution in [3.05, 3.63) is 29.8 Å². The molecule has 0 radical (unpaired) electrons. The second-order valence-electron chi connectivity index (χ2n) is 3.64. The second kappa shape index (κ2) is 8.98. The van der Waals surface area contributed by atoms with Gasteiger partial charge in [-0.15, -0.1) is 0 Å². The number of hydrogen-bond acceptors (Lipinski definition) is 4. The Morgan fingerprint density at radius 2 is 1.94 bits per heavy atom. The quantitative estimate of drug-likeness (QED) is 0.659. The summed E-state index contributed by atoms with van der Waals surface area (Å²) in [5, 5.41) is 0. The maximum Gasteiger partial charge on any atom is 0.119 e. The number of ether oxygens (including phenoxy) is 3. The fraction of sp³-hybridized carbons (Fsp3) is 0.538. The Bertz CT molecular complexity index is 304. The van der Waals surface area contributed by atoms with Crippen LogP contribution in [0.3, 0.4) is 0 Å². The lowest BCUT2D eigenvalue weighted by molar-refractivity contribution is 0.0544. The van der Waals surface area contributed by atoms with E-state index in [4.69, 9.17) is 19.9 Å². The van der Waals surface area contributed by atoms with Crippen molar-refractivity contribution in [3.8, 4) is 5.75 Å². The van der Waals surface area contributed by atoms with E-state index >= 15 is 0 Å². The Morgan fingerprint density at radius 3 is 2.71 bits per heavy atom. The minimum atomic E-state index is 0.551. The molecule has 0 bridgehead atoms. The monoisotopic (exact) mass is 239 g/mol. The zero-order valence-corrected chi connectivity index (χ0v) is 10.4. The summed E-state index contributed by atoms with van der Waals surface area (Å²) in [7, 11) is 1.66. The van der Waals surface area contributed by atoms with Crippen LogP contribution in [0, 0.1) is 0 Å². The number of rotatable bonds is 9. The Balaban J connectivity index is 2.19. The third kappa shape index (κ3) is 6.26. The molecule has 4 nitrogen and oxygen atoms in total. The molecule has 2 N–H and O–H groups in total. The first kappa shape index (κ1) is 14.0. The minimum absolute atomic E-state index is 0.551. The molecule has 0 unspecified atom stereocenters. The Kier molecular flexibility index (Phi) is 7.38. The normalized spacial score (nSPS) is 10.5. The molecule has 0 saturated carbocycles. The highest BCUT2D eigenvalue weighted by molar-refractivity contribution is 5.28. The van der Waals surface area contributed by atoms with Crippen LogP contribution in [0.5, 0.6) is 5.75 Å². The van der Waals surface area contributed by atoms with Crippen molar-refractivity contribution in [2.75, 3.05) is 40.1 Å². The summed E-state index contributed by atoms with van der Waals surface area (Å²) in [6.07, 6.45) is 0.877. The molecule has 0 saturated heterocycles. The van der Waals surface area contributed by atoms with E-state index in [9.17, 15) is 0 Å². The molecule has 1 aromatic rings. The van der Waals surface area contributed by atoms with Crippen molar-refractivity contribution in [2.24, 2.45) is 5.73 Å². The van der Waals surface area contributed by atoms with E-state index < -0.39 is 0 Å². The average Bonchev–Trinajstić information content (AvgIpc) is 2.35. The van der Waals surface area contributed by atoms with Gasteiger partial charge in [0, 0.05) is 7.11 Å². The van der Waals surface area contributed by atoms with Crippen LogP contribution in [0.15, 0.2) is 24.3 Å². The smallest absolute Gasteiger partial charge is 0.119 e. The largest absolute Gasteiger partial charge is 0.491 e. The highest BCUT2D eigenvalue weighted by Gasteiger charge is 1.96. The minimum Gasteiger partial charge on any atom is -0.491 e. The average molecular weight is 239 g/mol. The van der Waals surface area contributed by atoms with Crippen molar-refractivity contribution >= 4 is 0 Å². The third-order valence-corrected chi connectivity index (χ3v) is 2.26. The van der Waals surface area contributed by atoms with Gasteiger partial charge in [-0.1, -0.05) is 12.1 Å². The molecule has 0 aliphatic carbocycles. The number of nitrogens with two attached hydrogens (primary N) is 1. The van der Waals surface area contributed by atoms with Gasteiger partial charge in [-0.3, -0.25) is 0 Å². The molecule has 0 spiro atoms. The zero-order valence-electron chi connectivity index (χ0n) is 10.4. The van der Waals surface area contributed by atoms with Crippen molar-refractivity contribution in [3.63, 3.8) is 0 Å². The summed E-state index contributed by atoms with van der Waals surface area (Å²) in [5.41, 5.74) is 6.71. The maximum atomic E-state index is 5.57. The number of hydrogen-bond donors (Lipinski definition) is 1. The molecule has 0 aromatic heterocycles. The van der Waals surface area contributed by atoms with Gasteiger partial charge in [0.1, 0.15) is 12.4 Å². The van der Waals surface area contributed by atoms with Gasteiger partial charge in [-0.05, 0) is 30.7 Å². The summed E-state index contributed by atoms with van der Waals surface area (Å²) in [4.78, 5) is 0. The predicted octanol–water partition coefficient (Wildman–Crippen LogP) is 1.23. The first-order valence-electron chi connectivity index (χ1n) is 5.85. The van der Waals surface area contributed by atoms with Crippen LogP contribution >= 0.6 is 0 Å². The molecule has 0 atom stereocenters. The van der Waals surface area contributed by atoms with Gasteiger partial charge in [0.25, 0.3) is 0 Å². The van der Waals surface area contributed by atoms with Crippen molar-refractivity contribution in [1.82, 2.24) is 0 Å². The molecular weight excluding hydrogens is 218 g/mol. The van der Waals surface area contributed by atoms with E-state index in [1.807, 2.05) is 18.2 Å². The molecule has 0 fully saturated rings. The summed E-state index contributed by atoms with van der Waals surface area (Å²) in [5.74, 6) is 0.867. The van der Waals surface area contributed by atoms with Crippen LogP contribution in [0.2, 0.25) is 0 Å². The van der Waals surface area contributed by atoms with Gasteiger partial charge in [-0.2, -0.15) is 0 Å². The van der Waals surface area contributed by atoms with Gasteiger partial charge in [-0.25, -0.2) is 0 Å². The molecule has 0 heterocycles. The van der Waals surface area contributed by atoms with Crippen LogP contribution < -0.4 is 10.5 Å². The molecule has 1 aromatic carbocycles. The topological polar surface area (TPSA) is 53.7 Å². The van der Waals surface area contributed by atoms with Crippen LogP contribution in [0.4, 0.5) is 0 Å². The zero-order chi connectivity index (χ0) is 12.3. The SMILES string of the molecule is COCCOCCOc1cccc(CCN)c1. The highest BCUT2D eigenvalue weighted by atomic mass is 16.5. The van der Waals surface area contributed by atoms with E-state index in [1.165, 1.54) is 5.56 Å². The lowest BCUT2D eigenvalue weighted by Crippen LogP contribution is -2.10. The molecule has 1 rings (SSSR count). The van der Waals surface area contributed by atoms with Crippen molar-refractivity contribution in [1.29, 1.82) is 0 Å². The summed E-state index contributed by atoms with van der Waals surface area (Å²) < 4.78 is 15.7. The fourth-order valence-electron chi connectivity index (χ4n) is 1.42. The summed E-state index contributed by atoms with van der Waals surface area (Å²) in [6.45, 7) is 3.00. The van der Waals surface area contributed by atoms with E-state index in [-0.39, 0.29) is 0 Å². The maximum absolute atomic E-state index is 5.57. The van der Waals surface area contributed by atoms with Crippen molar-refractivity contribution in [2.45, 2.75) is 6.42 Å². The van der Waals surface area contributed by atoms with Crippen LogP contribution in [-0.2, 0) is 15.9 Å². The second-order valence-corrected chi connectivity index (χ2v) is 3.64. The summed E-state index contributed by atoms with van der Waals surface area (Å²) >= 11 is 0. The molecule has 0 amide bonds. The molecule has 0 aliphatic heterocycles. The van der Waals surface area contributed by atoms with Crippen LogP contribution in [0.25, 0.3) is 0 Å². The van der Waals surface area contributed by atoms with Crippen LogP contribution in [0.1, 0.15) is 5.56 Å². The van der Waals surface area contributed by atoms with Gasteiger partial charge >= 0.3 is 0 Å². The Labute approximate surface area is 103 Å². The first-order valence-corrected chi connectivity index (χ1v) is 5.85. The molecule has 4 heteroatoms. The Morgan fingerprint density at radius 1 is 1.12 bits per heavy atom. The lowest BCUT2D eigenvalue weighted by atomic mass is 10.1. The molecule has 96 valence electrons. The van der Waals surface area contributed by atoms with Gasteiger partial charge in [0.15, 0.2) is 0 Å². The predicted molar refractivity (Wildman–Crippen MR) is 67.4 cm³/mol. The van der Waals surface area contributed by atoms with E-state index in [0.29, 0.717) is 33.0 Å². The number of methoxy groups -OCH3 is 1. The fourth-order valence-corrected chi connectivity index (χ4v) is 1.42. The molecule has 0 aliphatic rings. The standard InChI is InChI=1S/C13H21NO3/c1-15-7-8-16-9-10-17-13-4-2-3-12(11-13)5-6-14/h2-4,11H,5-10,14H2,1H3. The lowest BCUT2D eigenvalue weighted by Gasteiger charge is -2.08. The van der Waals surface area contributed by atoms with E-state index in [1.54, 1.807) is 7.11 Å². The van der Waals surface area contributed by atoms with Gasteiger partial charge in [0.05, 0.1) is 19.8 Å². The van der Waals surface area contributed by atoms with E-state index in [2.05, 4.69) is 6.07 Å². The molecule has 17 heavy (non-hydrogen) atoms. The first-order chi connectivity index (χ1) is 8.36. The summed E-state index contributed by atoms with van der Waals surface area (Å²) in [6, 6.07) is 7.98. The van der Waals surface area contributed by atoms with E-state index in [0.717, 1.165) is 12.2 Å². The van der Waals surface area contributed by atoms with Gasteiger partial charge < -0.3 is 19.9 Å². The van der Waals surface area contributed by atoms with Crippen molar-refractivity contribution < 1.29 is 14.2 Å². The third-order valence-electron chi connectivity index (χ3n) is 2.26. The van der Waals surface area contributed by atoms with Gasteiger partial charge in [0.2, 0.25) is 0 Å². The number of benzene rings is 1. The molecular formula is C13H21NO3. The highest BCUT2D eigenvalue weighted by Crippen LogP contribution is 2.13. The Hall–Kier alpha value is -1.10.